The second-order valence-corrected chi connectivity index (χ2v) is 5.38. The second-order valence-electron chi connectivity index (χ2n) is 4.47. The lowest BCUT2D eigenvalue weighted by Gasteiger charge is -2.28. The van der Waals surface area contributed by atoms with Gasteiger partial charge in [0.05, 0.1) is 12.7 Å². The Labute approximate surface area is 116 Å². The van der Waals surface area contributed by atoms with Gasteiger partial charge in [-0.1, -0.05) is 15.9 Å². The SMILES string of the molecule is CCOc1ccc(Br)cc1C(O)C1CCCCO1. The van der Waals surface area contributed by atoms with Crippen molar-refractivity contribution in [2.24, 2.45) is 0 Å². The van der Waals surface area contributed by atoms with E-state index >= 15 is 0 Å². The van der Waals surface area contributed by atoms with E-state index in [9.17, 15) is 5.11 Å². The predicted molar refractivity (Wildman–Crippen MR) is 73.9 cm³/mol. The zero-order valence-corrected chi connectivity index (χ0v) is 12.1. The van der Waals surface area contributed by atoms with Crippen LogP contribution in [0.4, 0.5) is 0 Å². The van der Waals surface area contributed by atoms with Gasteiger partial charge in [0.25, 0.3) is 0 Å². The van der Waals surface area contributed by atoms with Crippen molar-refractivity contribution >= 4 is 15.9 Å². The highest BCUT2D eigenvalue weighted by Crippen LogP contribution is 2.34. The summed E-state index contributed by atoms with van der Waals surface area (Å²) in [4.78, 5) is 0. The number of rotatable bonds is 4. The maximum absolute atomic E-state index is 10.5. The number of benzene rings is 1. The highest BCUT2D eigenvalue weighted by molar-refractivity contribution is 9.10. The molecule has 100 valence electrons. The van der Waals surface area contributed by atoms with Crippen LogP contribution in [-0.4, -0.2) is 24.4 Å². The number of halogens is 1. The van der Waals surface area contributed by atoms with Gasteiger partial charge in [0.2, 0.25) is 0 Å². The summed E-state index contributed by atoms with van der Waals surface area (Å²) in [6.45, 7) is 3.27. The van der Waals surface area contributed by atoms with E-state index in [1.165, 1.54) is 0 Å². The molecular formula is C14H19BrO3. The number of ether oxygens (including phenoxy) is 2. The van der Waals surface area contributed by atoms with Crippen molar-refractivity contribution in [3.05, 3.63) is 28.2 Å². The zero-order valence-electron chi connectivity index (χ0n) is 10.6. The number of aliphatic hydroxyl groups excluding tert-OH is 1. The summed E-state index contributed by atoms with van der Waals surface area (Å²) >= 11 is 3.43. The molecule has 2 rings (SSSR count). The van der Waals surface area contributed by atoms with Crippen molar-refractivity contribution in [1.29, 1.82) is 0 Å². The Hall–Kier alpha value is -0.580. The van der Waals surface area contributed by atoms with E-state index in [0.29, 0.717) is 6.61 Å². The van der Waals surface area contributed by atoms with Gasteiger partial charge in [-0.05, 0) is 44.4 Å². The van der Waals surface area contributed by atoms with E-state index in [4.69, 9.17) is 9.47 Å². The summed E-state index contributed by atoms with van der Waals surface area (Å²) in [7, 11) is 0. The standard InChI is InChI=1S/C14H19BrO3/c1-2-17-12-7-6-10(15)9-11(12)14(16)13-5-3-4-8-18-13/h6-7,9,13-14,16H,2-5,8H2,1H3. The third-order valence-electron chi connectivity index (χ3n) is 3.16. The van der Waals surface area contributed by atoms with Crippen LogP contribution in [0.2, 0.25) is 0 Å². The van der Waals surface area contributed by atoms with E-state index in [0.717, 1.165) is 41.7 Å². The van der Waals surface area contributed by atoms with Gasteiger partial charge in [0.1, 0.15) is 11.9 Å². The normalized spacial score (nSPS) is 21.6. The lowest BCUT2D eigenvalue weighted by molar-refractivity contribution is -0.0640. The van der Waals surface area contributed by atoms with Gasteiger partial charge in [0, 0.05) is 16.6 Å². The molecule has 4 heteroatoms. The van der Waals surface area contributed by atoms with Crippen LogP contribution in [0.15, 0.2) is 22.7 Å². The largest absolute Gasteiger partial charge is 0.493 e. The average Bonchev–Trinajstić information content (AvgIpc) is 2.41. The molecule has 2 unspecified atom stereocenters. The van der Waals surface area contributed by atoms with Crippen molar-refractivity contribution in [3.63, 3.8) is 0 Å². The first-order valence-corrected chi connectivity index (χ1v) is 7.23. The molecule has 1 aromatic carbocycles. The molecule has 0 spiro atoms. The monoisotopic (exact) mass is 314 g/mol. The van der Waals surface area contributed by atoms with E-state index in [1.54, 1.807) is 0 Å². The maximum Gasteiger partial charge on any atom is 0.125 e. The minimum absolute atomic E-state index is 0.118. The summed E-state index contributed by atoms with van der Waals surface area (Å²) in [6, 6.07) is 5.71. The molecule has 18 heavy (non-hydrogen) atoms. The van der Waals surface area contributed by atoms with Crippen LogP contribution in [0.1, 0.15) is 37.9 Å². The summed E-state index contributed by atoms with van der Waals surface area (Å²) < 4.78 is 12.2. The molecular weight excluding hydrogens is 296 g/mol. The number of hydrogen-bond donors (Lipinski definition) is 1. The number of aliphatic hydroxyl groups is 1. The molecule has 2 atom stereocenters. The molecule has 0 radical (unpaired) electrons. The maximum atomic E-state index is 10.5. The van der Waals surface area contributed by atoms with Gasteiger partial charge in [0.15, 0.2) is 0 Å². The lowest BCUT2D eigenvalue weighted by Crippen LogP contribution is -2.26. The van der Waals surface area contributed by atoms with Gasteiger partial charge in [-0.3, -0.25) is 0 Å². The van der Waals surface area contributed by atoms with Crippen LogP contribution >= 0.6 is 15.9 Å². The van der Waals surface area contributed by atoms with Gasteiger partial charge in [-0.25, -0.2) is 0 Å². The van der Waals surface area contributed by atoms with E-state index in [1.807, 2.05) is 25.1 Å². The van der Waals surface area contributed by atoms with Gasteiger partial charge < -0.3 is 14.6 Å². The molecule has 1 aliphatic heterocycles. The van der Waals surface area contributed by atoms with Crippen LogP contribution in [0.3, 0.4) is 0 Å². The third kappa shape index (κ3) is 3.25. The first-order chi connectivity index (χ1) is 8.72. The fourth-order valence-electron chi connectivity index (χ4n) is 2.25. The minimum atomic E-state index is -0.621. The predicted octanol–water partition coefficient (Wildman–Crippen LogP) is 3.45. The van der Waals surface area contributed by atoms with Gasteiger partial charge in [-0.15, -0.1) is 0 Å². The summed E-state index contributed by atoms with van der Waals surface area (Å²) in [5, 5.41) is 10.5. The first-order valence-electron chi connectivity index (χ1n) is 6.44. The summed E-state index contributed by atoms with van der Waals surface area (Å²) in [5.41, 5.74) is 0.804. The zero-order chi connectivity index (χ0) is 13.0. The lowest BCUT2D eigenvalue weighted by atomic mass is 9.97. The van der Waals surface area contributed by atoms with Gasteiger partial charge >= 0.3 is 0 Å². The molecule has 1 aromatic rings. The molecule has 0 saturated carbocycles. The second kappa shape index (κ2) is 6.55. The number of hydrogen-bond acceptors (Lipinski definition) is 3. The van der Waals surface area contributed by atoms with Gasteiger partial charge in [-0.2, -0.15) is 0 Å². The van der Waals surface area contributed by atoms with Crippen LogP contribution in [0.5, 0.6) is 5.75 Å². The Morgan fingerprint density at radius 1 is 1.50 bits per heavy atom. The molecule has 3 nitrogen and oxygen atoms in total. The quantitative estimate of drug-likeness (QED) is 0.925. The van der Waals surface area contributed by atoms with Crippen LogP contribution < -0.4 is 4.74 Å². The van der Waals surface area contributed by atoms with E-state index in [-0.39, 0.29) is 6.10 Å². The van der Waals surface area contributed by atoms with E-state index < -0.39 is 6.10 Å². The first kappa shape index (κ1) is 13.8. The highest BCUT2D eigenvalue weighted by atomic mass is 79.9. The average molecular weight is 315 g/mol. The minimum Gasteiger partial charge on any atom is -0.493 e. The van der Waals surface area contributed by atoms with Crippen LogP contribution in [-0.2, 0) is 4.74 Å². The molecule has 0 bridgehead atoms. The molecule has 1 saturated heterocycles. The molecule has 0 amide bonds. The van der Waals surface area contributed by atoms with Crippen molar-refractivity contribution in [3.8, 4) is 5.75 Å². The highest BCUT2D eigenvalue weighted by Gasteiger charge is 2.26. The molecule has 1 N–H and O–H groups in total. The van der Waals surface area contributed by atoms with Crippen LogP contribution in [0, 0.1) is 0 Å². The summed E-state index contributed by atoms with van der Waals surface area (Å²) in [6.07, 6.45) is 2.36. The molecule has 0 aliphatic carbocycles. The van der Waals surface area contributed by atoms with Crippen molar-refractivity contribution in [1.82, 2.24) is 0 Å². The summed E-state index contributed by atoms with van der Waals surface area (Å²) in [5.74, 6) is 0.738. The Bertz CT molecular complexity index is 389. The topological polar surface area (TPSA) is 38.7 Å². The third-order valence-corrected chi connectivity index (χ3v) is 3.65. The fourth-order valence-corrected chi connectivity index (χ4v) is 2.63. The van der Waals surface area contributed by atoms with Crippen molar-refractivity contribution in [2.45, 2.75) is 38.4 Å². The molecule has 1 fully saturated rings. The molecule has 1 heterocycles. The molecule has 0 aromatic heterocycles. The Balaban J connectivity index is 2.21. The van der Waals surface area contributed by atoms with Crippen molar-refractivity contribution in [2.75, 3.05) is 13.2 Å². The van der Waals surface area contributed by atoms with Crippen LogP contribution in [0.25, 0.3) is 0 Å². The van der Waals surface area contributed by atoms with Crippen molar-refractivity contribution < 1.29 is 14.6 Å². The van der Waals surface area contributed by atoms with E-state index in [2.05, 4.69) is 15.9 Å². The Morgan fingerprint density at radius 2 is 2.33 bits per heavy atom. The smallest absolute Gasteiger partial charge is 0.125 e. The Morgan fingerprint density at radius 3 is 3.00 bits per heavy atom. The Kier molecular flexibility index (Phi) is 5.03. The fraction of sp³-hybridized carbons (Fsp3) is 0.571. The molecule has 1 aliphatic rings.